The van der Waals surface area contributed by atoms with Crippen molar-refractivity contribution < 1.29 is 0 Å². The number of aryl methyl sites for hydroxylation is 4. The highest BCUT2D eigenvalue weighted by Crippen LogP contribution is 2.40. The molecule has 0 saturated carbocycles. The van der Waals surface area contributed by atoms with Crippen molar-refractivity contribution in [2.75, 3.05) is 5.32 Å². The Kier molecular flexibility index (Phi) is 5.54. The van der Waals surface area contributed by atoms with E-state index in [-0.39, 0.29) is 0 Å². The molecular formula is C31H29N3S. The minimum absolute atomic E-state index is 0.759. The van der Waals surface area contributed by atoms with E-state index in [0.29, 0.717) is 0 Å². The third kappa shape index (κ3) is 3.78. The Morgan fingerprint density at radius 3 is 2.29 bits per heavy atom. The van der Waals surface area contributed by atoms with Crippen molar-refractivity contribution in [1.82, 2.24) is 8.97 Å². The van der Waals surface area contributed by atoms with Gasteiger partial charge in [0.25, 0.3) is 0 Å². The Labute approximate surface area is 212 Å². The molecule has 0 amide bonds. The molecule has 1 N–H and O–H groups in total. The first-order valence-corrected chi connectivity index (χ1v) is 12.8. The van der Waals surface area contributed by atoms with E-state index in [9.17, 15) is 0 Å². The molecule has 174 valence electrons. The Bertz CT molecular complexity index is 1540. The molecule has 0 fully saturated rings. The van der Waals surface area contributed by atoms with E-state index in [2.05, 4.69) is 113 Å². The van der Waals surface area contributed by atoms with Crippen LogP contribution in [0.2, 0.25) is 0 Å². The molecule has 0 unspecified atom stereocenters. The van der Waals surface area contributed by atoms with E-state index < -0.39 is 0 Å². The number of thiocarbonyl (C=S) groups is 1. The number of rotatable bonds is 4. The molecule has 3 nitrogen and oxygen atoms in total. The summed E-state index contributed by atoms with van der Waals surface area (Å²) in [6.45, 7) is 5.28. The third-order valence-electron chi connectivity index (χ3n) is 7.11. The molecule has 5 aromatic rings. The van der Waals surface area contributed by atoms with Crippen molar-refractivity contribution in [1.29, 1.82) is 0 Å². The molecule has 1 aliphatic heterocycles. The zero-order valence-corrected chi connectivity index (χ0v) is 21.0. The largest absolute Gasteiger partial charge is 0.345 e. The van der Waals surface area contributed by atoms with E-state index in [1.807, 2.05) is 0 Å². The van der Waals surface area contributed by atoms with Gasteiger partial charge in [-0.1, -0.05) is 90.6 Å². The van der Waals surface area contributed by atoms with Crippen LogP contribution in [0.3, 0.4) is 0 Å². The number of hydrogen-bond donors (Lipinski definition) is 1. The van der Waals surface area contributed by atoms with Gasteiger partial charge in [0, 0.05) is 29.6 Å². The zero-order chi connectivity index (χ0) is 23.9. The predicted molar refractivity (Wildman–Crippen MR) is 150 cm³/mol. The lowest BCUT2D eigenvalue weighted by atomic mass is 9.98. The molecule has 6 rings (SSSR count). The van der Waals surface area contributed by atoms with Gasteiger partial charge < -0.3 is 9.88 Å². The lowest BCUT2D eigenvalue weighted by molar-refractivity contribution is 0.647. The van der Waals surface area contributed by atoms with Gasteiger partial charge in [0.2, 0.25) is 0 Å². The van der Waals surface area contributed by atoms with E-state index in [1.54, 1.807) is 0 Å². The highest BCUT2D eigenvalue weighted by Gasteiger charge is 2.28. The highest BCUT2D eigenvalue weighted by molar-refractivity contribution is 7.81. The quantitative estimate of drug-likeness (QED) is 0.268. The van der Waals surface area contributed by atoms with Crippen LogP contribution in [-0.4, -0.2) is 14.0 Å². The van der Waals surface area contributed by atoms with Gasteiger partial charge in [-0.3, -0.25) is 4.40 Å². The summed E-state index contributed by atoms with van der Waals surface area (Å²) in [5.74, 6) is 0. The first kappa shape index (κ1) is 21.9. The Balaban J connectivity index is 1.61. The topological polar surface area (TPSA) is 21.4 Å². The standard InChI is InChI=1S/C31H29N3S/c1-21-16-17-26(22(2)19-21)32-30(35)29-28(24-13-7-4-8-14-24)25-15-9-10-18-33-27(20-34(29)31(25)33)23-11-5-3-6-12-23/h3-8,11-14,16-17,19-20H,9-10,15,18H2,1-2H3,(H,32,35). The second-order valence-electron chi connectivity index (χ2n) is 9.52. The Morgan fingerprint density at radius 1 is 0.857 bits per heavy atom. The van der Waals surface area contributed by atoms with Crippen molar-refractivity contribution in [2.24, 2.45) is 0 Å². The smallest absolute Gasteiger partial charge is 0.128 e. The van der Waals surface area contributed by atoms with E-state index in [1.165, 1.54) is 57.6 Å². The summed E-state index contributed by atoms with van der Waals surface area (Å²) >= 11 is 6.15. The normalized spacial score (nSPS) is 13.1. The fourth-order valence-corrected chi connectivity index (χ4v) is 5.81. The number of benzene rings is 3. The lowest BCUT2D eigenvalue weighted by Gasteiger charge is -2.14. The molecule has 4 heteroatoms. The average Bonchev–Trinajstić information content (AvgIpc) is 3.30. The molecule has 35 heavy (non-hydrogen) atoms. The molecule has 0 aliphatic carbocycles. The summed E-state index contributed by atoms with van der Waals surface area (Å²) in [6.07, 6.45) is 5.69. The molecule has 0 spiro atoms. The van der Waals surface area contributed by atoms with Gasteiger partial charge in [-0.05, 0) is 55.9 Å². The molecule has 3 heterocycles. The molecular weight excluding hydrogens is 446 g/mol. The van der Waals surface area contributed by atoms with Gasteiger partial charge >= 0.3 is 0 Å². The SMILES string of the molecule is Cc1ccc(NC(=S)c2c(-c3ccccc3)c3c4n(c(-c5ccccc5)cn24)CCCC3)c(C)c1. The van der Waals surface area contributed by atoms with Crippen LogP contribution in [-0.2, 0) is 13.0 Å². The van der Waals surface area contributed by atoms with Gasteiger partial charge in [-0.2, -0.15) is 0 Å². The number of anilines is 1. The summed E-state index contributed by atoms with van der Waals surface area (Å²) in [6, 6.07) is 27.9. The van der Waals surface area contributed by atoms with E-state index in [0.717, 1.165) is 29.3 Å². The summed E-state index contributed by atoms with van der Waals surface area (Å²) in [7, 11) is 0. The second kappa shape index (κ2) is 8.86. The van der Waals surface area contributed by atoms with Gasteiger partial charge in [0.15, 0.2) is 0 Å². The van der Waals surface area contributed by atoms with Crippen molar-refractivity contribution in [2.45, 2.75) is 39.7 Å². The second-order valence-corrected chi connectivity index (χ2v) is 9.93. The van der Waals surface area contributed by atoms with Crippen molar-refractivity contribution in [3.8, 4) is 22.4 Å². The summed E-state index contributed by atoms with van der Waals surface area (Å²) < 4.78 is 4.86. The van der Waals surface area contributed by atoms with Crippen LogP contribution in [0, 0.1) is 13.8 Å². The maximum absolute atomic E-state index is 6.15. The fourth-order valence-electron chi connectivity index (χ4n) is 5.50. The highest BCUT2D eigenvalue weighted by atomic mass is 32.1. The van der Waals surface area contributed by atoms with Crippen LogP contribution < -0.4 is 5.32 Å². The van der Waals surface area contributed by atoms with Crippen LogP contribution in [0.4, 0.5) is 5.69 Å². The molecule has 0 bridgehead atoms. The lowest BCUT2D eigenvalue weighted by Crippen LogP contribution is -2.15. The molecule has 0 saturated heterocycles. The zero-order valence-electron chi connectivity index (χ0n) is 20.2. The van der Waals surface area contributed by atoms with Gasteiger partial charge in [-0.25, -0.2) is 0 Å². The van der Waals surface area contributed by atoms with Gasteiger partial charge in [-0.15, -0.1) is 0 Å². The van der Waals surface area contributed by atoms with Crippen LogP contribution in [0.15, 0.2) is 85.1 Å². The Morgan fingerprint density at radius 2 is 1.57 bits per heavy atom. The molecule has 0 radical (unpaired) electrons. The van der Waals surface area contributed by atoms with Crippen LogP contribution in [0.5, 0.6) is 0 Å². The van der Waals surface area contributed by atoms with Crippen molar-refractivity contribution >= 4 is 28.5 Å². The Hall–Kier alpha value is -3.63. The van der Waals surface area contributed by atoms with Crippen molar-refractivity contribution in [3.05, 3.63) is 107 Å². The number of nitrogens with zero attached hydrogens (tertiary/aromatic N) is 2. The third-order valence-corrected chi connectivity index (χ3v) is 7.41. The minimum atomic E-state index is 0.759. The maximum atomic E-state index is 6.15. The monoisotopic (exact) mass is 475 g/mol. The average molecular weight is 476 g/mol. The minimum Gasteiger partial charge on any atom is -0.345 e. The first-order chi connectivity index (χ1) is 17.1. The van der Waals surface area contributed by atoms with Crippen LogP contribution in [0.25, 0.3) is 28.0 Å². The molecule has 0 atom stereocenters. The van der Waals surface area contributed by atoms with E-state index in [4.69, 9.17) is 12.2 Å². The van der Waals surface area contributed by atoms with E-state index >= 15 is 0 Å². The van der Waals surface area contributed by atoms with Gasteiger partial charge in [0.05, 0.1) is 11.4 Å². The number of hydrogen-bond acceptors (Lipinski definition) is 1. The van der Waals surface area contributed by atoms with Gasteiger partial charge in [0.1, 0.15) is 10.6 Å². The molecule has 3 aromatic carbocycles. The molecule has 2 aromatic heterocycles. The summed E-state index contributed by atoms with van der Waals surface area (Å²) in [5.41, 5.74) is 12.2. The molecule has 1 aliphatic rings. The van der Waals surface area contributed by atoms with Crippen LogP contribution in [0.1, 0.15) is 35.2 Å². The summed E-state index contributed by atoms with van der Waals surface area (Å²) in [4.78, 5) is 0.759. The maximum Gasteiger partial charge on any atom is 0.128 e. The predicted octanol–water partition coefficient (Wildman–Crippen LogP) is 7.82. The fraction of sp³-hybridized carbons (Fsp3) is 0.194. The number of nitrogens with one attached hydrogen (secondary N) is 1. The van der Waals surface area contributed by atoms with Crippen LogP contribution >= 0.6 is 12.2 Å². The number of aromatic nitrogens is 2. The van der Waals surface area contributed by atoms with Crippen molar-refractivity contribution in [3.63, 3.8) is 0 Å². The number of imidazole rings is 1. The summed E-state index contributed by atoms with van der Waals surface area (Å²) in [5, 5.41) is 3.60. The first-order valence-electron chi connectivity index (χ1n) is 12.4.